The van der Waals surface area contributed by atoms with Crippen molar-refractivity contribution in [3.8, 4) is 0 Å². The molecule has 28 heavy (non-hydrogen) atoms. The highest BCUT2D eigenvalue weighted by Crippen LogP contribution is 2.05. The lowest BCUT2D eigenvalue weighted by Crippen LogP contribution is -2.42. The van der Waals surface area contributed by atoms with E-state index in [9.17, 15) is 24.0 Å². The van der Waals surface area contributed by atoms with Gasteiger partial charge in [-0.3, -0.25) is 28.8 Å². The smallest absolute Gasteiger partial charge is 0.332 e. The second kappa shape index (κ2) is 8.50. The highest BCUT2D eigenvalue weighted by atomic mass is 16.5. The molecule has 12 nitrogen and oxygen atoms in total. The second-order valence-corrected chi connectivity index (χ2v) is 6.56. The van der Waals surface area contributed by atoms with Gasteiger partial charge in [0.25, 0.3) is 11.5 Å². The van der Waals surface area contributed by atoms with E-state index in [0.29, 0.717) is 6.54 Å². The van der Waals surface area contributed by atoms with Crippen molar-refractivity contribution >= 4 is 29.1 Å². The maximum Gasteiger partial charge on any atom is 0.332 e. The molecule has 0 saturated carbocycles. The lowest BCUT2D eigenvalue weighted by atomic mass is 10.2. The second-order valence-electron chi connectivity index (χ2n) is 6.56. The minimum Gasteiger partial charge on any atom is -0.454 e. The zero-order chi connectivity index (χ0) is 21.0. The fraction of sp³-hybridized carbons (Fsp3) is 0.500. The number of urea groups is 1. The van der Waals surface area contributed by atoms with Crippen LogP contribution in [0.15, 0.2) is 15.9 Å². The van der Waals surface area contributed by atoms with E-state index in [-0.39, 0.29) is 17.1 Å². The van der Waals surface area contributed by atoms with Crippen molar-refractivity contribution in [1.29, 1.82) is 0 Å². The molecule has 0 spiro atoms. The Morgan fingerprint density at radius 2 is 1.86 bits per heavy atom. The van der Waals surface area contributed by atoms with Crippen LogP contribution in [0, 0.1) is 5.92 Å². The maximum atomic E-state index is 12.3. The molecule has 0 radical (unpaired) electrons. The van der Waals surface area contributed by atoms with Crippen molar-refractivity contribution in [3.63, 3.8) is 0 Å². The van der Waals surface area contributed by atoms with E-state index >= 15 is 0 Å². The summed E-state index contributed by atoms with van der Waals surface area (Å²) < 4.78 is 8.13. The average Bonchev–Trinajstić information content (AvgIpc) is 3.05. The number of esters is 1. The van der Waals surface area contributed by atoms with Gasteiger partial charge in [-0.05, 0) is 5.92 Å². The number of imide groups is 1. The standard InChI is InChI=1S/C16H22N6O6/c1-9(2)5-17-15(26)19-10(23)7-28-11(24)6-22-8-18-13-12(22)14(25)21(4)16(27)20(13)3/h8-9H,5-7H2,1-4H3,(H2,17,19,23,26). The zero-order valence-corrected chi connectivity index (χ0v) is 16.0. The van der Waals surface area contributed by atoms with Gasteiger partial charge in [0.2, 0.25) is 0 Å². The van der Waals surface area contributed by atoms with Crippen molar-refractivity contribution < 1.29 is 19.1 Å². The summed E-state index contributed by atoms with van der Waals surface area (Å²) in [5, 5.41) is 4.52. The van der Waals surface area contributed by atoms with E-state index in [4.69, 9.17) is 4.74 Å². The van der Waals surface area contributed by atoms with Crippen molar-refractivity contribution in [1.82, 2.24) is 29.3 Å². The predicted octanol–water partition coefficient (Wildman–Crippen LogP) is -1.54. The summed E-state index contributed by atoms with van der Waals surface area (Å²) in [6, 6.07) is -0.681. The number of amides is 3. The molecule has 2 heterocycles. The molecule has 0 atom stereocenters. The molecule has 2 rings (SSSR count). The molecule has 3 amide bonds. The molecule has 12 heteroatoms. The van der Waals surface area contributed by atoms with Crippen LogP contribution in [0.25, 0.3) is 11.2 Å². The largest absolute Gasteiger partial charge is 0.454 e. The Kier molecular flexibility index (Phi) is 6.33. The Balaban J connectivity index is 1.99. The molecule has 152 valence electrons. The van der Waals surface area contributed by atoms with Gasteiger partial charge in [-0.25, -0.2) is 14.6 Å². The average molecular weight is 394 g/mol. The SMILES string of the molecule is CC(C)CNC(=O)NC(=O)COC(=O)Cn1cnc2c1c(=O)n(C)c(=O)n2C. The quantitative estimate of drug-likeness (QED) is 0.564. The highest BCUT2D eigenvalue weighted by Gasteiger charge is 2.17. The number of nitrogens with one attached hydrogen (secondary N) is 2. The Bertz CT molecular complexity index is 1030. The van der Waals surface area contributed by atoms with Gasteiger partial charge in [-0.1, -0.05) is 13.8 Å². The first-order valence-electron chi connectivity index (χ1n) is 8.46. The van der Waals surface area contributed by atoms with Crippen LogP contribution in [-0.4, -0.2) is 49.7 Å². The molecule has 0 aliphatic rings. The number of fused-ring (bicyclic) bond motifs is 1. The van der Waals surface area contributed by atoms with Crippen LogP contribution in [0.1, 0.15) is 13.8 Å². The van der Waals surface area contributed by atoms with E-state index in [2.05, 4.69) is 10.3 Å². The summed E-state index contributed by atoms with van der Waals surface area (Å²) >= 11 is 0. The predicted molar refractivity (Wildman–Crippen MR) is 97.6 cm³/mol. The number of hydrogen-bond acceptors (Lipinski definition) is 7. The van der Waals surface area contributed by atoms with Gasteiger partial charge in [-0.15, -0.1) is 0 Å². The molecule has 2 aromatic heterocycles. The molecule has 0 aliphatic carbocycles. The van der Waals surface area contributed by atoms with E-state index in [1.54, 1.807) is 0 Å². The number of ether oxygens (including phenoxy) is 1. The lowest BCUT2D eigenvalue weighted by molar-refractivity contribution is -0.148. The summed E-state index contributed by atoms with van der Waals surface area (Å²) in [6.07, 6.45) is 1.23. The Morgan fingerprint density at radius 1 is 1.18 bits per heavy atom. The summed E-state index contributed by atoms with van der Waals surface area (Å²) in [5.74, 6) is -1.38. The minimum absolute atomic E-state index is 0.0547. The van der Waals surface area contributed by atoms with Gasteiger partial charge in [0.05, 0.1) is 6.33 Å². The molecule has 0 bridgehead atoms. The topological polar surface area (TPSA) is 146 Å². The monoisotopic (exact) mass is 394 g/mol. The molecule has 0 unspecified atom stereocenters. The first kappa shape index (κ1) is 20.9. The third kappa shape index (κ3) is 4.64. The van der Waals surface area contributed by atoms with Gasteiger partial charge in [0.1, 0.15) is 6.54 Å². The van der Waals surface area contributed by atoms with Crippen molar-refractivity contribution in [3.05, 3.63) is 27.2 Å². The number of imidazole rings is 1. The first-order valence-corrected chi connectivity index (χ1v) is 8.46. The van der Waals surface area contributed by atoms with Crippen LogP contribution in [0.4, 0.5) is 4.79 Å². The van der Waals surface area contributed by atoms with Gasteiger partial charge < -0.3 is 14.6 Å². The van der Waals surface area contributed by atoms with Crippen molar-refractivity contribution in [2.75, 3.05) is 13.2 Å². The minimum atomic E-state index is -0.812. The normalized spacial score (nSPS) is 10.9. The zero-order valence-electron chi connectivity index (χ0n) is 16.0. The van der Waals surface area contributed by atoms with E-state index in [1.165, 1.54) is 29.6 Å². The molecular weight excluding hydrogens is 372 g/mol. The van der Waals surface area contributed by atoms with E-state index in [1.807, 2.05) is 19.2 Å². The number of aryl methyl sites for hydroxylation is 1. The van der Waals surface area contributed by atoms with Gasteiger partial charge in [0, 0.05) is 20.6 Å². The molecule has 2 aromatic rings. The Morgan fingerprint density at radius 3 is 2.50 bits per heavy atom. The van der Waals surface area contributed by atoms with Crippen LogP contribution >= 0.6 is 0 Å². The van der Waals surface area contributed by atoms with Crippen LogP contribution in [-0.2, 0) is 35.0 Å². The molecular formula is C16H22N6O6. The van der Waals surface area contributed by atoms with Gasteiger partial charge in [0.15, 0.2) is 17.8 Å². The van der Waals surface area contributed by atoms with Gasteiger partial charge in [-0.2, -0.15) is 0 Å². The van der Waals surface area contributed by atoms with Crippen molar-refractivity contribution in [2.45, 2.75) is 20.4 Å². The summed E-state index contributed by atoms with van der Waals surface area (Å²) in [7, 11) is 2.77. The number of nitrogens with zero attached hydrogens (tertiary/aromatic N) is 4. The first-order chi connectivity index (χ1) is 13.1. The molecule has 0 aromatic carbocycles. The van der Waals surface area contributed by atoms with Crippen LogP contribution in [0.2, 0.25) is 0 Å². The Labute approximate surface area is 159 Å². The third-order valence-corrected chi connectivity index (χ3v) is 3.80. The maximum absolute atomic E-state index is 12.3. The number of carbonyl (C=O) groups excluding carboxylic acids is 3. The number of rotatable bonds is 6. The molecule has 0 saturated heterocycles. The van der Waals surface area contributed by atoms with Crippen LogP contribution in [0.3, 0.4) is 0 Å². The van der Waals surface area contributed by atoms with Crippen molar-refractivity contribution in [2.24, 2.45) is 20.0 Å². The number of hydrogen-bond donors (Lipinski definition) is 2. The highest BCUT2D eigenvalue weighted by molar-refractivity contribution is 5.95. The van der Waals surface area contributed by atoms with E-state index < -0.39 is 42.3 Å². The lowest BCUT2D eigenvalue weighted by Gasteiger charge is -2.09. The molecule has 2 N–H and O–H groups in total. The third-order valence-electron chi connectivity index (χ3n) is 3.80. The van der Waals surface area contributed by atoms with Crippen LogP contribution in [0.5, 0.6) is 0 Å². The number of carbonyl (C=O) groups is 3. The van der Waals surface area contributed by atoms with Gasteiger partial charge >= 0.3 is 17.7 Å². The fourth-order valence-corrected chi connectivity index (χ4v) is 2.35. The Hall–Kier alpha value is -3.44. The fourth-order valence-electron chi connectivity index (χ4n) is 2.35. The summed E-state index contributed by atoms with van der Waals surface area (Å²) in [5.41, 5.74) is -0.972. The number of aromatic nitrogens is 4. The van der Waals surface area contributed by atoms with Crippen LogP contribution < -0.4 is 21.9 Å². The molecule has 0 aliphatic heterocycles. The summed E-state index contributed by atoms with van der Waals surface area (Å²) in [6.45, 7) is 3.14. The molecule has 0 fully saturated rings. The summed E-state index contributed by atoms with van der Waals surface area (Å²) in [4.78, 5) is 63.2. The van der Waals surface area contributed by atoms with E-state index in [0.717, 1.165) is 4.57 Å².